The number of benzene rings is 1. The smallest absolute Gasteiger partial charge is 0.258 e. The Bertz CT molecular complexity index is 523. The van der Waals surface area contributed by atoms with Gasteiger partial charge in [-0.2, -0.15) is 4.57 Å². The van der Waals surface area contributed by atoms with E-state index >= 15 is 0 Å². The van der Waals surface area contributed by atoms with Crippen LogP contribution in [0.1, 0.15) is 6.92 Å². The number of hydrogen-bond donors (Lipinski definition) is 0. The zero-order chi connectivity index (χ0) is 10.8. The molecule has 1 heterocycles. The summed E-state index contributed by atoms with van der Waals surface area (Å²) in [5, 5.41) is 11.5. The number of nitrogens with zero attached hydrogens (tertiary/aromatic N) is 2. The van der Waals surface area contributed by atoms with E-state index in [4.69, 9.17) is 0 Å². The molecular formula is C11H11N2O2+. The molecule has 76 valence electrons. The van der Waals surface area contributed by atoms with Crippen molar-refractivity contribution >= 4 is 16.6 Å². The Hall–Kier alpha value is -1.97. The van der Waals surface area contributed by atoms with Crippen molar-refractivity contribution in [2.45, 2.75) is 13.5 Å². The second-order valence-electron chi connectivity index (χ2n) is 3.26. The maximum Gasteiger partial charge on any atom is 0.283 e. The molecular weight excluding hydrogens is 192 g/mol. The molecule has 0 fully saturated rings. The van der Waals surface area contributed by atoms with Gasteiger partial charge in [-0.3, -0.25) is 10.1 Å². The van der Waals surface area contributed by atoms with Gasteiger partial charge in [0.2, 0.25) is 5.52 Å². The molecule has 0 aliphatic carbocycles. The standard InChI is InChI=1S/C11H11N2O2/c1-2-12-8-4-5-9-10(12)6-3-7-11(9)13(14)15/h3-8H,2H2,1H3/q+1. The van der Waals surface area contributed by atoms with Gasteiger partial charge in [-0.15, -0.1) is 0 Å². The van der Waals surface area contributed by atoms with Crippen LogP contribution in [-0.2, 0) is 6.54 Å². The number of rotatable bonds is 2. The second-order valence-corrected chi connectivity index (χ2v) is 3.26. The van der Waals surface area contributed by atoms with E-state index in [-0.39, 0.29) is 10.6 Å². The van der Waals surface area contributed by atoms with E-state index in [1.54, 1.807) is 12.1 Å². The first kappa shape index (κ1) is 9.58. The molecule has 0 saturated heterocycles. The summed E-state index contributed by atoms with van der Waals surface area (Å²) >= 11 is 0. The molecule has 15 heavy (non-hydrogen) atoms. The summed E-state index contributed by atoms with van der Waals surface area (Å²) in [6, 6.07) is 8.75. The van der Waals surface area contributed by atoms with E-state index in [0.717, 1.165) is 12.1 Å². The number of nitro groups is 1. The van der Waals surface area contributed by atoms with E-state index in [1.807, 2.05) is 29.8 Å². The van der Waals surface area contributed by atoms with E-state index < -0.39 is 0 Å². The molecule has 0 aliphatic rings. The summed E-state index contributed by atoms with van der Waals surface area (Å²) < 4.78 is 1.99. The van der Waals surface area contributed by atoms with Gasteiger partial charge < -0.3 is 0 Å². The van der Waals surface area contributed by atoms with E-state index in [2.05, 4.69) is 0 Å². The van der Waals surface area contributed by atoms with Crippen LogP contribution in [-0.4, -0.2) is 4.92 Å². The molecule has 0 atom stereocenters. The first-order valence-electron chi connectivity index (χ1n) is 4.79. The van der Waals surface area contributed by atoms with Gasteiger partial charge in [0, 0.05) is 18.2 Å². The Morgan fingerprint density at radius 2 is 2.13 bits per heavy atom. The van der Waals surface area contributed by atoms with Crippen LogP contribution in [0.25, 0.3) is 10.9 Å². The molecule has 0 bridgehead atoms. The first-order valence-corrected chi connectivity index (χ1v) is 4.79. The fourth-order valence-electron chi connectivity index (χ4n) is 1.72. The Morgan fingerprint density at radius 1 is 1.33 bits per heavy atom. The Labute approximate surface area is 86.9 Å². The zero-order valence-corrected chi connectivity index (χ0v) is 8.38. The average molecular weight is 203 g/mol. The summed E-state index contributed by atoms with van der Waals surface area (Å²) in [4.78, 5) is 10.5. The molecule has 0 saturated carbocycles. The SMILES string of the molecule is CC[n+]1cccc2c([N+](=O)[O-])cccc21. The molecule has 0 spiro atoms. The Kier molecular flexibility index (Phi) is 2.33. The highest BCUT2D eigenvalue weighted by molar-refractivity contribution is 5.85. The summed E-state index contributed by atoms with van der Waals surface area (Å²) in [6.45, 7) is 2.82. The predicted molar refractivity (Wildman–Crippen MR) is 56.5 cm³/mol. The predicted octanol–water partition coefficient (Wildman–Crippen LogP) is 2.06. The molecule has 4 heteroatoms. The van der Waals surface area contributed by atoms with E-state index in [1.165, 1.54) is 6.07 Å². The van der Waals surface area contributed by atoms with Crippen molar-refractivity contribution in [3.63, 3.8) is 0 Å². The van der Waals surface area contributed by atoms with Gasteiger partial charge in [-0.05, 0) is 19.1 Å². The molecule has 2 aromatic rings. The van der Waals surface area contributed by atoms with Crippen LogP contribution in [0.2, 0.25) is 0 Å². The van der Waals surface area contributed by atoms with E-state index in [9.17, 15) is 10.1 Å². The minimum absolute atomic E-state index is 0.162. The van der Waals surface area contributed by atoms with Gasteiger partial charge >= 0.3 is 0 Å². The van der Waals surface area contributed by atoms with Gasteiger partial charge in [0.15, 0.2) is 6.20 Å². The molecule has 1 aromatic heterocycles. The van der Waals surface area contributed by atoms with Crippen LogP contribution in [0.3, 0.4) is 0 Å². The number of non-ortho nitro benzene ring substituents is 1. The lowest BCUT2D eigenvalue weighted by Crippen LogP contribution is -2.32. The van der Waals surface area contributed by atoms with Crippen LogP contribution < -0.4 is 4.57 Å². The van der Waals surface area contributed by atoms with Crippen LogP contribution in [0.5, 0.6) is 0 Å². The fourth-order valence-corrected chi connectivity index (χ4v) is 1.72. The highest BCUT2D eigenvalue weighted by Crippen LogP contribution is 2.22. The summed E-state index contributed by atoms with van der Waals surface area (Å²) in [5.41, 5.74) is 1.06. The molecule has 0 radical (unpaired) electrons. The van der Waals surface area contributed by atoms with Gasteiger partial charge in [0.1, 0.15) is 11.9 Å². The Balaban J connectivity index is 2.82. The topological polar surface area (TPSA) is 47.0 Å². The average Bonchev–Trinajstić information content (AvgIpc) is 2.27. The van der Waals surface area contributed by atoms with E-state index in [0.29, 0.717) is 5.39 Å². The van der Waals surface area contributed by atoms with Crippen molar-refractivity contribution in [3.8, 4) is 0 Å². The number of pyridine rings is 1. The minimum atomic E-state index is -0.345. The molecule has 0 amide bonds. The number of nitro benzene ring substituents is 1. The van der Waals surface area contributed by atoms with Crippen LogP contribution in [0.15, 0.2) is 36.5 Å². The maximum atomic E-state index is 10.8. The van der Waals surface area contributed by atoms with Crippen LogP contribution in [0, 0.1) is 10.1 Å². The second kappa shape index (κ2) is 3.65. The summed E-state index contributed by atoms with van der Waals surface area (Å²) in [5.74, 6) is 0. The highest BCUT2D eigenvalue weighted by atomic mass is 16.6. The number of aromatic nitrogens is 1. The Morgan fingerprint density at radius 3 is 2.80 bits per heavy atom. The third-order valence-electron chi connectivity index (χ3n) is 2.44. The molecule has 0 N–H and O–H groups in total. The highest BCUT2D eigenvalue weighted by Gasteiger charge is 2.16. The third kappa shape index (κ3) is 1.54. The van der Waals surface area contributed by atoms with Gasteiger partial charge in [-0.25, -0.2) is 0 Å². The monoisotopic (exact) mass is 203 g/mol. The molecule has 1 aromatic carbocycles. The molecule has 0 aliphatic heterocycles. The van der Waals surface area contributed by atoms with Gasteiger partial charge in [-0.1, -0.05) is 0 Å². The number of aryl methyl sites for hydroxylation is 1. The lowest BCUT2D eigenvalue weighted by molar-refractivity contribution is -0.667. The number of fused-ring (bicyclic) bond motifs is 1. The fraction of sp³-hybridized carbons (Fsp3) is 0.182. The van der Waals surface area contributed by atoms with Gasteiger partial charge in [0.25, 0.3) is 5.69 Å². The minimum Gasteiger partial charge on any atom is -0.258 e. The number of hydrogen-bond acceptors (Lipinski definition) is 2. The van der Waals surface area contributed by atoms with Crippen molar-refractivity contribution in [1.82, 2.24) is 0 Å². The van der Waals surface area contributed by atoms with Crippen LogP contribution >= 0.6 is 0 Å². The van der Waals surface area contributed by atoms with Crippen molar-refractivity contribution in [2.24, 2.45) is 0 Å². The zero-order valence-electron chi connectivity index (χ0n) is 8.38. The lowest BCUT2D eigenvalue weighted by atomic mass is 10.2. The quantitative estimate of drug-likeness (QED) is 0.426. The normalized spacial score (nSPS) is 10.5. The lowest BCUT2D eigenvalue weighted by Gasteiger charge is -1.98. The van der Waals surface area contributed by atoms with Gasteiger partial charge in [0.05, 0.1) is 4.92 Å². The first-order chi connectivity index (χ1) is 7.24. The summed E-state index contributed by atoms with van der Waals surface area (Å²) in [6.07, 6.45) is 1.92. The van der Waals surface area contributed by atoms with Crippen LogP contribution in [0.4, 0.5) is 5.69 Å². The largest absolute Gasteiger partial charge is 0.283 e. The molecule has 0 unspecified atom stereocenters. The van der Waals surface area contributed by atoms with Crippen molar-refractivity contribution in [1.29, 1.82) is 0 Å². The van der Waals surface area contributed by atoms with Crippen molar-refractivity contribution in [3.05, 3.63) is 46.6 Å². The van der Waals surface area contributed by atoms with Crippen molar-refractivity contribution < 1.29 is 9.49 Å². The summed E-state index contributed by atoms with van der Waals surface area (Å²) in [7, 11) is 0. The van der Waals surface area contributed by atoms with Crippen molar-refractivity contribution in [2.75, 3.05) is 0 Å². The third-order valence-corrected chi connectivity index (χ3v) is 2.44. The maximum absolute atomic E-state index is 10.8. The molecule has 4 nitrogen and oxygen atoms in total. The molecule has 2 rings (SSSR count).